The lowest BCUT2D eigenvalue weighted by Crippen LogP contribution is -2.49. The van der Waals surface area contributed by atoms with Crippen molar-refractivity contribution >= 4 is 11.7 Å². The van der Waals surface area contributed by atoms with E-state index in [4.69, 9.17) is 4.52 Å². The van der Waals surface area contributed by atoms with Crippen LogP contribution in [0.4, 0.5) is 19.0 Å². The molecule has 1 amide bonds. The summed E-state index contributed by atoms with van der Waals surface area (Å²) >= 11 is 0. The van der Waals surface area contributed by atoms with Crippen molar-refractivity contribution < 1.29 is 22.5 Å². The molecule has 3 heterocycles. The highest BCUT2D eigenvalue weighted by Gasteiger charge is 2.33. The third-order valence-electron chi connectivity index (χ3n) is 3.68. The molecule has 0 N–H and O–H groups in total. The lowest BCUT2D eigenvalue weighted by atomic mass is 10.2. The van der Waals surface area contributed by atoms with Gasteiger partial charge in [0.05, 0.1) is 0 Å². The third-order valence-corrected chi connectivity index (χ3v) is 3.68. The summed E-state index contributed by atoms with van der Waals surface area (Å²) in [5.41, 5.74) is -0.758. The number of carbonyl (C=O) groups excluding carboxylic acids is 1. The van der Waals surface area contributed by atoms with Gasteiger partial charge in [-0.2, -0.15) is 13.2 Å². The van der Waals surface area contributed by atoms with Crippen LogP contribution in [0, 0.1) is 6.92 Å². The molecule has 128 valence electrons. The van der Waals surface area contributed by atoms with Crippen LogP contribution in [-0.4, -0.2) is 52.1 Å². The lowest BCUT2D eigenvalue weighted by molar-refractivity contribution is -0.141. The Kier molecular flexibility index (Phi) is 4.12. The number of anilines is 1. The fourth-order valence-electron chi connectivity index (χ4n) is 2.44. The van der Waals surface area contributed by atoms with Crippen LogP contribution in [0.15, 0.2) is 23.0 Å². The first-order valence-corrected chi connectivity index (χ1v) is 7.21. The van der Waals surface area contributed by atoms with E-state index in [1.54, 1.807) is 22.8 Å². The van der Waals surface area contributed by atoms with Crippen LogP contribution in [0.5, 0.6) is 0 Å². The summed E-state index contributed by atoms with van der Waals surface area (Å²) in [6, 6.07) is 2.47. The molecule has 1 fully saturated rings. The van der Waals surface area contributed by atoms with E-state index in [0.717, 1.165) is 12.4 Å². The minimum Gasteiger partial charge on any atom is -0.361 e. The summed E-state index contributed by atoms with van der Waals surface area (Å²) in [7, 11) is 0. The molecule has 0 unspecified atom stereocenters. The van der Waals surface area contributed by atoms with E-state index in [1.807, 2.05) is 0 Å². The summed E-state index contributed by atoms with van der Waals surface area (Å²) in [5.74, 6) is 0.476. The average molecular weight is 341 g/mol. The molecular weight excluding hydrogens is 327 g/mol. The number of rotatable bonds is 2. The Morgan fingerprint density at radius 3 is 2.46 bits per heavy atom. The smallest absolute Gasteiger partial charge is 0.361 e. The Bertz CT molecular complexity index is 738. The molecule has 1 saturated heterocycles. The Labute approximate surface area is 135 Å². The molecule has 1 aliphatic heterocycles. The molecule has 0 atom stereocenters. The predicted molar refractivity (Wildman–Crippen MR) is 76.4 cm³/mol. The van der Waals surface area contributed by atoms with Crippen LogP contribution in [0.2, 0.25) is 0 Å². The molecule has 0 aromatic carbocycles. The van der Waals surface area contributed by atoms with Crippen molar-refractivity contribution in [3.8, 4) is 0 Å². The first kappa shape index (κ1) is 16.2. The van der Waals surface area contributed by atoms with Crippen LogP contribution in [0.3, 0.4) is 0 Å². The summed E-state index contributed by atoms with van der Waals surface area (Å²) < 4.78 is 43.0. The molecule has 2 aromatic rings. The largest absolute Gasteiger partial charge is 0.433 e. The van der Waals surface area contributed by atoms with Crippen LogP contribution in [-0.2, 0) is 6.18 Å². The minimum absolute atomic E-state index is 0.196. The Morgan fingerprint density at radius 2 is 1.88 bits per heavy atom. The SMILES string of the molecule is Cc1cc(C(=O)N2CCN(c3cc(C(F)(F)F)ncn3)CC2)no1. The van der Waals surface area contributed by atoms with Gasteiger partial charge in [-0.1, -0.05) is 5.16 Å². The number of alkyl halides is 3. The van der Waals surface area contributed by atoms with Gasteiger partial charge in [-0.25, -0.2) is 9.97 Å². The normalized spacial score (nSPS) is 15.7. The van der Waals surface area contributed by atoms with E-state index in [1.165, 1.54) is 0 Å². The topological polar surface area (TPSA) is 75.4 Å². The second-order valence-corrected chi connectivity index (χ2v) is 5.36. The van der Waals surface area contributed by atoms with Gasteiger partial charge in [0.25, 0.3) is 5.91 Å². The molecule has 0 bridgehead atoms. The molecule has 7 nitrogen and oxygen atoms in total. The van der Waals surface area contributed by atoms with Gasteiger partial charge in [0, 0.05) is 38.3 Å². The first-order chi connectivity index (χ1) is 11.3. The van der Waals surface area contributed by atoms with E-state index in [9.17, 15) is 18.0 Å². The van der Waals surface area contributed by atoms with Gasteiger partial charge >= 0.3 is 6.18 Å². The van der Waals surface area contributed by atoms with Crippen molar-refractivity contribution in [2.45, 2.75) is 13.1 Å². The number of hydrogen-bond donors (Lipinski definition) is 0. The lowest BCUT2D eigenvalue weighted by Gasteiger charge is -2.35. The highest BCUT2D eigenvalue weighted by Crippen LogP contribution is 2.29. The van der Waals surface area contributed by atoms with Gasteiger partial charge in [-0.05, 0) is 6.92 Å². The Morgan fingerprint density at radius 1 is 1.17 bits per heavy atom. The van der Waals surface area contributed by atoms with Gasteiger partial charge < -0.3 is 14.3 Å². The number of aryl methyl sites for hydroxylation is 1. The van der Waals surface area contributed by atoms with Crippen LogP contribution >= 0.6 is 0 Å². The summed E-state index contributed by atoms with van der Waals surface area (Å²) in [5, 5.41) is 3.68. The van der Waals surface area contributed by atoms with Crippen LogP contribution in [0.1, 0.15) is 21.9 Å². The molecule has 0 radical (unpaired) electrons. The molecule has 0 saturated carbocycles. The average Bonchev–Trinajstić information content (AvgIpc) is 3.00. The minimum atomic E-state index is -4.51. The summed E-state index contributed by atoms with van der Waals surface area (Å²) in [6.07, 6.45) is -3.62. The first-order valence-electron chi connectivity index (χ1n) is 7.21. The van der Waals surface area contributed by atoms with Crippen molar-refractivity contribution in [3.63, 3.8) is 0 Å². The zero-order chi connectivity index (χ0) is 17.3. The van der Waals surface area contributed by atoms with Crippen molar-refractivity contribution in [2.75, 3.05) is 31.1 Å². The third kappa shape index (κ3) is 3.31. The zero-order valence-electron chi connectivity index (χ0n) is 12.7. The maximum Gasteiger partial charge on any atom is 0.433 e. The van der Waals surface area contributed by atoms with E-state index < -0.39 is 11.9 Å². The van der Waals surface area contributed by atoms with Crippen LogP contribution < -0.4 is 4.90 Å². The predicted octanol–water partition coefficient (Wildman–Crippen LogP) is 1.75. The molecule has 1 aliphatic rings. The fraction of sp³-hybridized carbons (Fsp3) is 0.429. The maximum absolute atomic E-state index is 12.7. The molecule has 24 heavy (non-hydrogen) atoms. The van der Waals surface area contributed by atoms with Gasteiger partial charge in [0.2, 0.25) is 0 Å². The Balaban J connectivity index is 1.66. The molecule has 3 rings (SSSR count). The van der Waals surface area contributed by atoms with E-state index in [0.29, 0.717) is 31.9 Å². The van der Waals surface area contributed by atoms with E-state index in [-0.39, 0.29) is 17.4 Å². The van der Waals surface area contributed by atoms with Crippen molar-refractivity contribution in [2.24, 2.45) is 0 Å². The van der Waals surface area contributed by atoms with Gasteiger partial charge in [-0.3, -0.25) is 4.79 Å². The number of hydrogen-bond acceptors (Lipinski definition) is 6. The molecule has 0 aliphatic carbocycles. The fourth-order valence-corrected chi connectivity index (χ4v) is 2.44. The highest BCUT2D eigenvalue weighted by atomic mass is 19.4. The van der Waals surface area contributed by atoms with Gasteiger partial charge in [-0.15, -0.1) is 0 Å². The second-order valence-electron chi connectivity index (χ2n) is 5.36. The van der Waals surface area contributed by atoms with Crippen molar-refractivity contribution in [1.82, 2.24) is 20.0 Å². The monoisotopic (exact) mass is 341 g/mol. The van der Waals surface area contributed by atoms with Crippen molar-refractivity contribution in [1.29, 1.82) is 0 Å². The molecule has 0 spiro atoms. The Hall–Kier alpha value is -2.65. The van der Waals surface area contributed by atoms with E-state index >= 15 is 0 Å². The molecular formula is C14H14F3N5O2. The quantitative estimate of drug-likeness (QED) is 0.828. The summed E-state index contributed by atoms with van der Waals surface area (Å²) in [6.45, 7) is 3.15. The number of halogens is 3. The van der Waals surface area contributed by atoms with Gasteiger partial charge in [0.15, 0.2) is 5.69 Å². The highest BCUT2D eigenvalue weighted by molar-refractivity contribution is 5.92. The van der Waals surface area contributed by atoms with Crippen molar-refractivity contribution in [3.05, 3.63) is 35.6 Å². The number of amides is 1. The molecule has 2 aromatic heterocycles. The standard InChI is InChI=1S/C14H14F3N5O2/c1-9-6-10(20-24-9)13(23)22-4-2-21(3-5-22)12-7-11(14(15,16)17)18-8-19-12/h6-8H,2-5H2,1H3. The van der Waals surface area contributed by atoms with Crippen LogP contribution in [0.25, 0.3) is 0 Å². The molecule has 10 heteroatoms. The van der Waals surface area contributed by atoms with E-state index in [2.05, 4.69) is 15.1 Å². The number of aromatic nitrogens is 3. The number of carbonyl (C=O) groups is 1. The maximum atomic E-state index is 12.7. The number of piperazine rings is 1. The van der Waals surface area contributed by atoms with Gasteiger partial charge in [0.1, 0.15) is 23.6 Å². The second kappa shape index (κ2) is 6.10. The summed E-state index contributed by atoms with van der Waals surface area (Å²) in [4.78, 5) is 22.7. The zero-order valence-corrected chi connectivity index (χ0v) is 12.7. The number of nitrogens with zero attached hydrogens (tertiary/aromatic N) is 5.